The Hall–Kier alpha value is -2.01. The van der Waals surface area contributed by atoms with E-state index < -0.39 is 0 Å². The van der Waals surface area contributed by atoms with Crippen LogP contribution in [-0.2, 0) is 11.2 Å². The van der Waals surface area contributed by atoms with E-state index in [0.717, 1.165) is 11.1 Å². The summed E-state index contributed by atoms with van der Waals surface area (Å²) in [5.41, 5.74) is 7.17. The molecule has 0 saturated heterocycles. The van der Waals surface area contributed by atoms with Gasteiger partial charge in [-0.1, -0.05) is 6.07 Å². The quantitative estimate of drug-likeness (QED) is 0.646. The molecule has 18 heavy (non-hydrogen) atoms. The second-order valence-corrected chi connectivity index (χ2v) is 4.47. The van der Waals surface area contributed by atoms with E-state index in [9.17, 15) is 9.90 Å². The Balaban J connectivity index is 2.15. The minimum absolute atomic E-state index is 0.0645. The molecule has 1 heterocycles. The number of phenolic OH excluding ortho intramolecular Hbond substituents is 1. The molecule has 0 aliphatic heterocycles. The molecule has 0 aliphatic carbocycles. The van der Waals surface area contributed by atoms with Gasteiger partial charge in [0.15, 0.2) is 0 Å². The molecule has 1 unspecified atom stereocenters. The minimum atomic E-state index is -0.101. The summed E-state index contributed by atoms with van der Waals surface area (Å²) in [5.74, 6) is 0.0835. The van der Waals surface area contributed by atoms with Crippen molar-refractivity contribution in [3.05, 3.63) is 30.0 Å². The number of nitrogens with one attached hydrogen (secondary N) is 2. The Morgan fingerprint density at radius 2 is 2.33 bits per heavy atom. The van der Waals surface area contributed by atoms with Crippen molar-refractivity contribution in [3.8, 4) is 5.75 Å². The van der Waals surface area contributed by atoms with Gasteiger partial charge in [0.25, 0.3) is 0 Å². The van der Waals surface area contributed by atoms with Gasteiger partial charge < -0.3 is 21.1 Å². The summed E-state index contributed by atoms with van der Waals surface area (Å²) in [7, 11) is 0. The Bertz CT molecular complexity index is 560. The van der Waals surface area contributed by atoms with Gasteiger partial charge in [-0.3, -0.25) is 4.79 Å². The fraction of sp³-hybridized carbons (Fsp3) is 0.308. The number of hydrogen-bond donors (Lipinski definition) is 4. The van der Waals surface area contributed by atoms with Crippen molar-refractivity contribution in [2.45, 2.75) is 19.4 Å². The van der Waals surface area contributed by atoms with Crippen molar-refractivity contribution in [2.24, 2.45) is 5.73 Å². The number of amides is 1. The number of H-pyrrole nitrogens is 1. The summed E-state index contributed by atoms with van der Waals surface area (Å²) in [4.78, 5) is 14.7. The van der Waals surface area contributed by atoms with Crippen LogP contribution in [0.2, 0.25) is 0 Å². The zero-order chi connectivity index (χ0) is 13.1. The van der Waals surface area contributed by atoms with Crippen LogP contribution >= 0.6 is 0 Å². The summed E-state index contributed by atoms with van der Waals surface area (Å²) in [6, 6.07) is 5.16. The van der Waals surface area contributed by atoms with E-state index in [1.54, 1.807) is 18.3 Å². The third-order valence-electron chi connectivity index (χ3n) is 2.74. The molecule has 96 valence electrons. The molecule has 1 aromatic carbocycles. The van der Waals surface area contributed by atoms with Gasteiger partial charge in [0.1, 0.15) is 5.75 Å². The topological polar surface area (TPSA) is 91.1 Å². The summed E-state index contributed by atoms with van der Waals surface area (Å²) in [5, 5.41) is 13.2. The highest BCUT2D eigenvalue weighted by Gasteiger charge is 2.11. The van der Waals surface area contributed by atoms with Gasteiger partial charge in [-0.05, 0) is 24.6 Å². The molecular formula is C13H17N3O2. The van der Waals surface area contributed by atoms with Crippen LogP contribution in [0.5, 0.6) is 5.75 Å². The summed E-state index contributed by atoms with van der Waals surface area (Å²) >= 11 is 0. The first-order valence-corrected chi connectivity index (χ1v) is 5.88. The van der Waals surface area contributed by atoms with Gasteiger partial charge in [-0.15, -0.1) is 0 Å². The maximum atomic E-state index is 11.7. The fourth-order valence-corrected chi connectivity index (χ4v) is 1.88. The van der Waals surface area contributed by atoms with Crippen molar-refractivity contribution in [1.82, 2.24) is 10.3 Å². The van der Waals surface area contributed by atoms with Gasteiger partial charge in [-0.2, -0.15) is 0 Å². The zero-order valence-corrected chi connectivity index (χ0v) is 10.2. The SMILES string of the molecule is CC(N)CNC(=O)Cc1c[nH]c2cccc(O)c12. The van der Waals surface area contributed by atoms with E-state index in [4.69, 9.17) is 5.73 Å². The molecule has 0 aliphatic rings. The molecular weight excluding hydrogens is 230 g/mol. The third-order valence-corrected chi connectivity index (χ3v) is 2.74. The molecule has 0 saturated carbocycles. The van der Waals surface area contributed by atoms with Crippen LogP contribution in [0, 0.1) is 0 Å². The van der Waals surface area contributed by atoms with Gasteiger partial charge in [0.2, 0.25) is 5.91 Å². The zero-order valence-electron chi connectivity index (χ0n) is 10.2. The average molecular weight is 247 g/mol. The van der Waals surface area contributed by atoms with E-state index in [1.165, 1.54) is 0 Å². The lowest BCUT2D eigenvalue weighted by Crippen LogP contribution is -2.35. The summed E-state index contributed by atoms with van der Waals surface area (Å²) in [6.45, 7) is 2.28. The van der Waals surface area contributed by atoms with E-state index in [0.29, 0.717) is 11.9 Å². The molecule has 1 atom stereocenters. The maximum Gasteiger partial charge on any atom is 0.224 e. The number of rotatable bonds is 4. The Morgan fingerprint density at radius 3 is 3.06 bits per heavy atom. The van der Waals surface area contributed by atoms with E-state index in [1.807, 2.05) is 13.0 Å². The number of aromatic nitrogens is 1. The molecule has 0 radical (unpaired) electrons. The predicted molar refractivity (Wildman–Crippen MR) is 70.3 cm³/mol. The molecule has 1 amide bonds. The van der Waals surface area contributed by atoms with Crippen LogP contribution in [0.1, 0.15) is 12.5 Å². The number of aromatic hydroxyl groups is 1. The molecule has 2 rings (SSSR count). The Kier molecular flexibility index (Phi) is 3.53. The van der Waals surface area contributed by atoms with E-state index in [2.05, 4.69) is 10.3 Å². The number of benzene rings is 1. The first-order valence-electron chi connectivity index (χ1n) is 5.88. The highest BCUT2D eigenvalue weighted by atomic mass is 16.3. The molecule has 5 N–H and O–H groups in total. The Morgan fingerprint density at radius 1 is 1.56 bits per heavy atom. The minimum Gasteiger partial charge on any atom is -0.507 e. The molecule has 5 nitrogen and oxygen atoms in total. The predicted octanol–water partition coefficient (Wildman–Crippen LogP) is 0.879. The van der Waals surface area contributed by atoms with E-state index >= 15 is 0 Å². The molecule has 0 spiro atoms. The van der Waals surface area contributed by atoms with Gasteiger partial charge >= 0.3 is 0 Å². The van der Waals surface area contributed by atoms with Crippen LogP contribution in [-0.4, -0.2) is 28.6 Å². The van der Waals surface area contributed by atoms with Crippen molar-refractivity contribution < 1.29 is 9.90 Å². The lowest BCUT2D eigenvalue weighted by Gasteiger charge is -2.07. The van der Waals surface area contributed by atoms with Crippen molar-refractivity contribution >= 4 is 16.8 Å². The van der Waals surface area contributed by atoms with Gasteiger partial charge in [-0.25, -0.2) is 0 Å². The first kappa shape index (κ1) is 12.4. The van der Waals surface area contributed by atoms with Crippen LogP contribution in [0.15, 0.2) is 24.4 Å². The van der Waals surface area contributed by atoms with Crippen LogP contribution in [0.25, 0.3) is 10.9 Å². The second kappa shape index (κ2) is 5.10. The molecule has 1 aromatic heterocycles. The molecule has 0 bridgehead atoms. The van der Waals surface area contributed by atoms with Crippen LogP contribution in [0.3, 0.4) is 0 Å². The smallest absolute Gasteiger partial charge is 0.224 e. The second-order valence-electron chi connectivity index (χ2n) is 4.47. The number of fused-ring (bicyclic) bond motifs is 1. The monoisotopic (exact) mass is 247 g/mol. The summed E-state index contributed by atoms with van der Waals surface area (Å²) in [6.07, 6.45) is 1.97. The summed E-state index contributed by atoms with van der Waals surface area (Å²) < 4.78 is 0. The van der Waals surface area contributed by atoms with Crippen molar-refractivity contribution in [1.29, 1.82) is 0 Å². The standard InChI is InChI=1S/C13H17N3O2/c1-8(14)6-16-12(18)5-9-7-15-10-3-2-4-11(17)13(9)10/h2-4,7-8,15,17H,5-6,14H2,1H3,(H,16,18). The number of phenols is 1. The highest BCUT2D eigenvalue weighted by molar-refractivity contribution is 5.92. The third kappa shape index (κ3) is 2.62. The number of carbonyl (C=O) groups excluding carboxylic acids is 1. The molecule has 2 aromatic rings. The molecule has 5 heteroatoms. The van der Waals surface area contributed by atoms with Crippen LogP contribution < -0.4 is 11.1 Å². The largest absolute Gasteiger partial charge is 0.507 e. The van der Waals surface area contributed by atoms with Crippen molar-refractivity contribution in [3.63, 3.8) is 0 Å². The number of nitrogens with two attached hydrogens (primary N) is 1. The molecule has 0 fully saturated rings. The number of carbonyl (C=O) groups is 1. The number of hydrogen-bond acceptors (Lipinski definition) is 3. The van der Waals surface area contributed by atoms with Gasteiger partial charge in [0, 0.05) is 29.7 Å². The first-order chi connectivity index (χ1) is 8.58. The number of aromatic amines is 1. The van der Waals surface area contributed by atoms with Gasteiger partial charge in [0.05, 0.1) is 6.42 Å². The Labute approximate surface area is 105 Å². The lowest BCUT2D eigenvalue weighted by atomic mass is 10.1. The normalized spacial score (nSPS) is 12.6. The average Bonchev–Trinajstić information content (AvgIpc) is 2.71. The highest BCUT2D eigenvalue weighted by Crippen LogP contribution is 2.27. The lowest BCUT2D eigenvalue weighted by molar-refractivity contribution is -0.120. The van der Waals surface area contributed by atoms with E-state index in [-0.39, 0.29) is 24.1 Å². The van der Waals surface area contributed by atoms with Crippen molar-refractivity contribution in [2.75, 3.05) is 6.54 Å². The van der Waals surface area contributed by atoms with Crippen LogP contribution in [0.4, 0.5) is 0 Å². The fourth-order valence-electron chi connectivity index (χ4n) is 1.88. The maximum absolute atomic E-state index is 11.7.